The lowest BCUT2D eigenvalue weighted by atomic mass is 10.0. The first kappa shape index (κ1) is 22.0. The average Bonchev–Trinajstić information content (AvgIpc) is 3.47. The van der Waals surface area contributed by atoms with Crippen molar-refractivity contribution in [3.8, 4) is 5.75 Å². The summed E-state index contributed by atoms with van der Waals surface area (Å²) in [5.41, 5.74) is 11.3. The first-order valence-electron chi connectivity index (χ1n) is 11.5. The maximum Gasteiger partial charge on any atom is 0.258 e. The minimum absolute atomic E-state index is 0.0951. The highest BCUT2D eigenvalue weighted by molar-refractivity contribution is 6.12. The Morgan fingerprint density at radius 1 is 1.32 bits per heavy atom. The number of carbonyl (C=O) groups is 1. The third-order valence-corrected chi connectivity index (χ3v) is 6.37. The number of aromatic nitrogens is 4. The molecule has 1 fully saturated rings. The molecule has 1 aliphatic heterocycles. The number of anilines is 2. The van der Waals surface area contributed by atoms with E-state index in [2.05, 4.69) is 44.3 Å². The smallest absolute Gasteiger partial charge is 0.258 e. The molecule has 0 saturated carbocycles. The van der Waals surface area contributed by atoms with Gasteiger partial charge in [0, 0.05) is 31.5 Å². The molecule has 1 saturated heterocycles. The van der Waals surface area contributed by atoms with Gasteiger partial charge in [0.05, 0.1) is 48.4 Å². The average molecular weight is 460 g/mol. The highest BCUT2D eigenvalue weighted by atomic mass is 16.5. The maximum atomic E-state index is 13.1. The highest BCUT2D eigenvalue weighted by Crippen LogP contribution is 2.40. The number of aryl methyl sites for hydroxylation is 1. The van der Waals surface area contributed by atoms with Gasteiger partial charge in [0.25, 0.3) is 5.91 Å². The summed E-state index contributed by atoms with van der Waals surface area (Å²) in [6.45, 7) is 4.26. The molecular weight excluding hydrogens is 430 g/mol. The molecule has 4 N–H and O–H groups in total. The Morgan fingerprint density at radius 3 is 2.97 bits per heavy atom. The van der Waals surface area contributed by atoms with Crippen LogP contribution in [0.15, 0.2) is 49.1 Å². The molecule has 34 heavy (non-hydrogen) atoms. The van der Waals surface area contributed by atoms with E-state index in [4.69, 9.17) is 10.5 Å². The largest absolute Gasteiger partial charge is 0.493 e. The summed E-state index contributed by atoms with van der Waals surface area (Å²) >= 11 is 0. The molecule has 0 spiro atoms. The number of aromatic amines is 1. The molecule has 1 amide bonds. The maximum absolute atomic E-state index is 13.1. The summed E-state index contributed by atoms with van der Waals surface area (Å²) in [5, 5.41) is 8.23. The van der Waals surface area contributed by atoms with Gasteiger partial charge in [0.2, 0.25) is 0 Å². The van der Waals surface area contributed by atoms with Crippen LogP contribution in [0.25, 0.3) is 11.0 Å². The van der Waals surface area contributed by atoms with Gasteiger partial charge in [-0.3, -0.25) is 9.48 Å². The van der Waals surface area contributed by atoms with Crippen LogP contribution < -0.4 is 20.7 Å². The molecule has 9 nitrogen and oxygen atoms in total. The van der Waals surface area contributed by atoms with Gasteiger partial charge >= 0.3 is 0 Å². The van der Waals surface area contributed by atoms with Crippen molar-refractivity contribution in [2.45, 2.75) is 32.4 Å². The molecule has 4 aromatic rings. The highest BCUT2D eigenvalue weighted by Gasteiger charge is 2.25. The van der Waals surface area contributed by atoms with E-state index in [1.165, 1.54) is 5.56 Å². The van der Waals surface area contributed by atoms with E-state index < -0.39 is 0 Å². The Morgan fingerprint density at radius 2 is 2.18 bits per heavy atom. The van der Waals surface area contributed by atoms with Crippen LogP contribution in [0.5, 0.6) is 5.75 Å². The number of carbonyl (C=O) groups excluding carboxylic acids is 1. The molecule has 5 rings (SSSR count). The summed E-state index contributed by atoms with van der Waals surface area (Å²) in [6.07, 6.45) is 8.82. The zero-order valence-electron chi connectivity index (χ0n) is 19.4. The first-order chi connectivity index (χ1) is 16.5. The molecule has 9 heteroatoms. The van der Waals surface area contributed by atoms with Crippen molar-refractivity contribution in [2.75, 3.05) is 30.4 Å². The summed E-state index contributed by atoms with van der Waals surface area (Å²) < 4.78 is 7.42. The van der Waals surface area contributed by atoms with E-state index in [9.17, 15) is 4.79 Å². The monoisotopic (exact) mass is 459 g/mol. The van der Waals surface area contributed by atoms with Crippen molar-refractivity contribution in [2.24, 2.45) is 5.73 Å². The number of amides is 1. The fourth-order valence-electron chi connectivity index (χ4n) is 4.56. The van der Waals surface area contributed by atoms with Gasteiger partial charge < -0.3 is 25.7 Å². The van der Waals surface area contributed by atoms with Crippen molar-refractivity contribution in [1.29, 1.82) is 0 Å². The van der Waals surface area contributed by atoms with Gasteiger partial charge in [-0.2, -0.15) is 5.10 Å². The molecule has 1 aromatic carbocycles. The number of methoxy groups -OCH3 is 1. The standard InChI is InChI=1S/C25H29N7O2/c1-16-6-3-4-7-17(16)13-32-14-18(10-29-32)25(33)30-20-11-27-24-22(20)23(21(34-2)12-28-24)31-9-5-8-19(26)15-31/h3-4,6-7,10-12,14,19H,5,8-9,13,15,26H2,1-2H3,(H,27,28)(H,30,33)/t19-/m1/s1. The summed E-state index contributed by atoms with van der Waals surface area (Å²) in [4.78, 5) is 23.0. The molecule has 176 valence electrons. The number of nitrogens with one attached hydrogen (secondary N) is 2. The lowest BCUT2D eigenvalue weighted by Crippen LogP contribution is -2.43. The topological polar surface area (TPSA) is 114 Å². The SMILES string of the molecule is COc1cnc2[nH]cc(NC(=O)c3cnn(Cc4ccccc4C)c3)c2c1N1CCC[C@@H](N)C1. The van der Waals surface area contributed by atoms with Gasteiger partial charge in [-0.1, -0.05) is 24.3 Å². The quantitative estimate of drug-likeness (QED) is 0.408. The number of rotatable bonds is 6. The van der Waals surface area contributed by atoms with E-state index >= 15 is 0 Å². The van der Waals surface area contributed by atoms with Crippen molar-refractivity contribution >= 4 is 28.3 Å². The molecule has 0 bridgehead atoms. The number of hydrogen-bond donors (Lipinski definition) is 3. The van der Waals surface area contributed by atoms with E-state index in [0.717, 1.165) is 42.6 Å². The summed E-state index contributed by atoms with van der Waals surface area (Å²) in [7, 11) is 1.63. The number of ether oxygens (including phenoxy) is 1. The normalized spacial score (nSPS) is 16.1. The Labute approximate surface area is 197 Å². The number of nitrogens with two attached hydrogens (primary N) is 1. The van der Waals surface area contributed by atoms with Crippen molar-refractivity contribution in [3.05, 3.63) is 65.7 Å². The van der Waals surface area contributed by atoms with Crippen molar-refractivity contribution < 1.29 is 9.53 Å². The Hall–Kier alpha value is -3.85. The second-order valence-corrected chi connectivity index (χ2v) is 8.76. The lowest BCUT2D eigenvalue weighted by Gasteiger charge is -2.34. The number of nitrogens with zero attached hydrogens (tertiary/aromatic N) is 4. The minimum atomic E-state index is -0.235. The van der Waals surface area contributed by atoms with Gasteiger partial charge in [0.15, 0.2) is 5.75 Å². The van der Waals surface area contributed by atoms with Gasteiger partial charge in [-0.25, -0.2) is 4.98 Å². The van der Waals surface area contributed by atoms with E-state index in [1.54, 1.807) is 36.6 Å². The number of pyridine rings is 1. The number of piperidine rings is 1. The molecule has 4 heterocycles. The van der Waals surface area contributed by atoms with Gasteiger partial charge in [-0.15, -0.1) is 0 Å². The second-order valence-electron chi connectivity index (χ2n) is 8.76. The molecule has 1 aliphatic rings. The van der Waals surface area contributed by atoms with Gasteiger partial charge in [0.1, 0.15) is 5.65 Å². The lowest BCUT2D eigenvalue weighted by molar-refractivity contribution is 0.102. The predicted molar refractivity (Wildman–Crippen MR) is 133 cm³/mol. The minimum Gasteiger partial charge on any atom is -0.493 e. The number of benzene rings is 1. The zero-order valence-corrected chi connectivity index (χ0v) is 19.4. The van der Waals surface area contributed by atoms with Crippen LogP contribution in [-0.4, -0.2) is 51.9 Å². The van der Waals surface area contributed by atoms with Crippen molar-refractivity contribution in [1.82, 2.24) is 19.7 Å². The summed E-state index contributed by atoms with van der Waals surface area (Å²) in [5.74, 6) is 0.420. The zero-order chi connectivity index (χ0) is 23.7. The van der Waals surface area contributed by atoms with Crippen LogP contribution in [0.3, 0.4) is 0 Å². The fraction of sp³-hybridized carbons (Fsp3) is 0.320. The third-order valence-electron chi connectivity index (χ3n) is 6.37. The van der Waals surface area contributed by atoms with Crippen LogP contribution in [0.4, 0.5) is 11.4 Å². The van der Waals surface area contributed by atoms with Crippen LogP contribution in [0, 0.1) is 6.92 Å². The number of fused-ring (bicyclic) bond motifs is 1. The van der Waals surface area contributed by atoms with E-state index in [1.807, 2.05) is 12.1 Å². The Kier molecular flexibility index (Phi) is 5.93. The second kappa shape index (κ2) is 9.18. The fourth-order valence-corrected chi connectivity index (χ4v) is 4.56. The van der Waals surface area contributed by atoms with Crippen LogP contribution in [0.2, 0.25) is 0 Å². The summed E-state index contributed by atoms with van der Waals surface area (Å²) in [6, 6.07) is 8.25. The number of hydrogen-bond acceptors (Lipinski definition) is 6. The molecule has 0 aliphatic carbocycles. The van der Waals surface area contributed by atoms with E-state index in [-0.39, 0.29) is 11.9 Å². The Balaban J connectivity index is 1.42. The Bertz CT molecular complexity index is 1330. The molecule has 3 aromatic heterocycles. The predicted octanol–water partition coefficient (Wildman–Crippen LogP) is 3.30. The molecular formula is C25H29N7O2. The van der Waals surface area contributed by atoms with Crippen LogP contribution in [0.1, 0.15) is 34.3 Å². The van der Waals surface area contributed by atoms with E-state index in [0.29, 0.717) is 29.2 Å². The van der Waals surface area contributed by atoms with Crippen molar-refractivity contribution in [3.63, 3.8) is 0 Å². The van der Waals surface area contributed by atoms with Crippen LogP contribution >= 0.6 is 0 Å². The first-order valence-corrected chi connectivity index (χ1v) is 11.5. The molecule has 0 radical (unpaired) electrons. The third kappa shape index (κ3) is 4.22. The molecule has 1 atom stereocenters. The van der Waals surface area contributed by atoms with Gasteiger partial charge in [-0.05, 0) is 30.9 Å². The van der Waals surface area contributed by atoms with Crippen LogP contribution in [-0.2, 0) is 6.54 Å². The number of H-pyrrole nitrogens is 1. The molecule has 0 unspecified atom stereocenters.